The first kappa shape index (κ1) is 13.8. The highest BCUT2D eigenvalue weighted by atomic mass is 14.7. The lowest BCUT2D eigenvalue weighted by atomic mass is 9.96. The highest BCUT2D eigenvalue weighted by molar-refractivity contribution is 5.85. The van der Waals surface area contributed by atoms with Gasteiger partial charge in [0, 0.05) is 10.9 Å². The Kier molecular flexibility index (Phi) is 3.74. The first-order chi connectivity index (χ1) is 10.1. The molecule has 2 aromatic carbocycles. The van der Waals surface area contributed by atoms with Crippen LogP contribution in [0.3, 0.4) is 0 Å². The summed E-state index contributed by atoms with van der Waals surface area (Å²) in [6.45, 7) is 6.68. The topological polar surface area (TPSA) is 12.9 Å². The molecule has 0 aliphatic heterocycles. The number of hydrogen-bond acceptors (Lipinski definition) is 1. The molecule has 0 N–H and O–H groups in total. The van der Waals surface area contributed by atoms with Crippen LogP contribution >= 0.6 is 0 Å². The molecule has 0 unspecified atom stereocenters. The molecule has 1 nitrogen and oxygen atoms in total. The Balaban J connectivity index is 2.23. The molecule has 0 atom stereocenters. The van der Waals surface area contributed by atoms with Crippen molar-refractivity contribution in [2.75, 3.05) is 0 Å². The highest BCUT2D eigenvalue weighted by Crippen LogP contribution is 2.28. The maximum atomic E-state index is 4.87. The summed E-state index contributed by atoms with van der Waals surface area (Å²) in [5, 5.41) is 1.28. The van der Waals surface area contributed by atoms with Gasteiger partial charge < -0.3 is 0 Å². The molecule has 21 heavy (non-hydrogen) atoms. The first-order valence-electron chi connectivity index (χ1n) is 7.60. The third-order valence-electron chi connectivity index (χ3n) is 3.85. The van der Waals surface area contributed by atoms with Gasteiger partial charge in [-0.15, -0.1) is 0 Å². The van der Waals surface area contributed by atoms with E-state index in [1.54, 1.807) is 0 Å². The van der Waals surface area contributed by atoms with Crippen molar-refractivity contribution in [3.63, 3.8) is 0 Å². The highest BCUT2D eigenvalue weighted by Gasteiger charge is 2.10. The number of benzene rings is 2. The number of aromatic nitrogens is 1. The molecular formula is C20H21N. The van der Waals surface area contributed by atoms with Crippen LogP contribution in [0.25, 0.3) is 22.2 Å². The Morgan fingerprint density at radius 2 is 1.67 bits per heavy atom. The Labute approximate surface area is 126 Å². The number of aryl methyl sites for hydroxylation is 1. The number of hydrogen-bond donors (Lipinski definition) is 0. The normalized spacial score (nSPS) is 11.2. The Morgan fingerprint density at radius 1 is 0.952 bits per heavy atom. The zero-order valence-electron chi connectivity index (χ0n) is 12.9. The van der Waals surface area contributed by atoms with Crippen molar-refractivity contribution in [2.45, 2.75) is 27.2 Å². The van der Waals surface area contributed by atoms with E-state index >= 15 is 0 Å². The van der Waals surface area contributed by atoms with Gasteiger partial charge in [-0.2, -0.15) is 0 Å². The van der Waals surface area contributed by atoms with Crippen molar-refractivity contribution in [1.82, 2.24) is 4.98 Å². The van der Waals surface area contributed by atoms with Gasteiger partial charge in [-0.05, 0) is 42.5 Å². The van der Waals surface area contributed by atoms with Crippen LogP contribution in [0.4, 0.5) is 0 Å². The second kappa shape index (κ2) is 5.69. The van der Waals surface area contributed by atoms with E-state index in [9.17, 15) is 0 Å². The number of para-hydroxylation sites is 1. The predicted molar refractivity (Wildman–Crippen MR) is 90.5 cm³/mol. The molecule has 1 aromatic heterocycles. The Morgan fingerprint density at radius 3 is 2.43 bits per heavy atom. The van der Waals surface area contributed by atoms with Gasteiger partial charge in [0.05, 0.1) is 11.2 Å². The molecule has 3 aromatic rings. The molecule has 0 aliphatic carbocycles. The lowest BCUT2D eigenvalue weighted by Gasteiger charge is -2.13. The minimum Gasteiger partial charge on any atom is -0.248 e. The van der Waals surface area contributed by atoms with Crippen LogP contribution in [0.1, 0.15) is 25.0 Å². The smallest absolute Gasteiger partial charge is 0.0715 e. The Hall–Kier alpha value is -2.15. The van der Waals surface area contributed by atoms with E-state index in [2.05, 4.69) is 75.4 Å². The molecule has 0 saturated heterocycles. The second-order valence-electron chi connectivity index (χ2n) is 6.10. The first-order valence-corrected chi connectivity index (χ1v) is 7.60. The molecule has 0 amide bonds. The molecule has 1 heteroatoms. The number of rotatable bonds is 3. The van der Waals surface area contributed by atoms with E-state index in [4.69, 9.17) is 4.98 Å². The molecule has 0 radical (unpaired) electrons. The van der Waals surface area contributed by atoms with Crippen molar-refractivity contribution < 1.29 is 0 Å². The van der Waals surface area contributed by atoms with Crippen LogP contribution in [0, 0.1) is 12.8 Å². The Bertz CT molecular complexity index is 772. The van der Waals surface area contributed by atoms with Crippen LogP contribution in [-0.2, 0) is 6.42 Å². The summed E-state index contributed by atoms with van der Waals surface area (Å²) in [7, 11) is 0. The van der Waals surface area contributed by atoms with E-state index in [0.717, 1.165) is 17.6 Å². The van der Waals surface area contributed by atoms with Crippen molar-refractivity contribution >= 4 is 10.9 Å². The van der Waals surface area contributed by atoms with E-state index < -0.39 is 0 Å². The van der Waals surface area contributed by atoms with E-state index in [1.807, 2.05) is 0 Å². The zero-order chi connectivity index (χ0) is 14.8. The zero-order valence-corrected chi connectivity index (χ0v) is 12.9. The van der Waals surface area contributed by atoms with Gasteiger partial charge in [0.2, 0.25) is 0 Å². The average molecular weight is 275 g/mol. The van der Waals surface area contributed by atoms with Crippen LogP contribution in [0.5, 0.6) is 0 Å². The molecule has 106 valence electrons. The molecule has 0 spiro atoms. The van der Waals surface area contributed by atoms with Crippen molar-refractivity contribution in [3.05, 3.63) is 65.7 Å². The summed E-state index contributed by atoms with van der Waals surface area (Å²) in [4.78, 5) is 4.87. The molecule has 3 rings (SSSR count). The maximum absolute atomic E-state index is 4.87. The minimum absolute atomic E-state index is 0.639. The second-order valence-corrected chi connectivity index (χ2v) is 6.10. The quantitative estimate of drug-likeness (QED) is 0.623. The summed E-state index contributed by atoms with van der Waals surface area (Å²) in [6.07, 6.45) is 1.09. The molecule has 1 heterocycles. The lowest BCUT2D eigenvalue weighted by molar-refractivity contribution is 0.650. The van der Waals surface area contributed by atoms with Gasteiger partial charge >= 0.3 is 0 Å². The van der Waals surface area contributed by atoms with Crippen molar-refractivity contribution in [1.29, 1.82) is 0 Å². The number of nitrogens with zero attached hydrogens (tertiary/aromatic N) is 1. The standard InChI is InChI=1S/C20H21N/c1-14(2)12-16-13-20(17-9-5-4-8-15(17)3)21-19-11-7-6-10-18(16)19/h4-11,13-14H,12H2,1-3H3. The fourth-order valence-electron chi connectivity index (χ4n) is 2.85. The third-order valence-corrected chi connectivity index (χ3v) is 3.85. The van der Waals surface area contributed by atoms with Crippen molar-refractivity contribution in [2.24, 2.45) is 5.92 Å². The SMILES string of the molecule is Cc1ccccc1-c1cc(CC(C)C)c2ccccc2n1. The monoisotopic (exact) mass is 275 g/mol. The molecule has 0 fully saturated rings. The molecule has 0 aliphatic rings. The maximum Gasteiger partial charge on any atom is 0.0715 e. The lowest BCUT2D eigenvalue weighted by Crippen LogP contribution is -1.98. The summed E-state index contributed by atoms with van der Waals surface area (Å²) < 4.78 is 0. The van der Waals surface area contributed by atoms with Gasteiger partial charge in [-0.3, -0.25) is 0 Å². The molecule has 0 saturated carbocycles. The predicted octanol–water partition coefficient (Wildman–Crippen LogP) is 5.41. The van der Waals surface area contributed by atoms with E-state index in [0.29, 0.717) is 5.92 Å². The van der Waals surface area contributed by atoms with Gasteiger partial charge in [0.25, 0.3) is 0 Å². The van der Waals surface area contributed by atoms with E-state index in [1.165, 1.54) is 22.1 Å². The number of fused-ring (bicyclic) bond motifs is 1. The summed E-state index contributed by atoms with van der Waals surface area (Å²) in [5.41, 5.74) is 6.08. The van der Waals surface area contributed by atoms with Crippen LogP contribution in [0.15, 0.2) is 54.6 Å². The summed E-state index contributed by atoms with van der Waals surface area (Å²) in [5.74, 6) is 0.639. The van der Waals surface area contributed by atoms with E-state index in [-0.39, 0.29) is 0 Å². The fraction of sp³-hybridized carbons (Fsp3) is 0.250. The van der Waals surface area contributed by atoms with Gasteiger partial charge in [0.1, 0.15) is 0 Å². The van der Waals surface area contributed by atoms with Crippen molar-refractivity contribution in [3.8, 4) is 11.3 Å². The third kappa shape index (κ3) is 2.82. The largest absolute Gasteiger partial charge is 0.248 e. The summed E-state index contributed by atoms with van der Waals surface area (Å²) >= 11 is 0. The van der Waals surface area contributed by atoms with Gasteiger partial charge in [0.15, 0.2) is 0 Å². The van der Waals surface area contributed by atoms with Gasteiger partial charge in [-0.25, -0.2) is 4.98 Å². The van der Waals surface area contributed by atoms with Crippen LogP contribution in [0.2, 0.25) is 0 Å². The van der Waals surface area contributed by atoms with Crippen LogP contribution < -0.4 is 0 Å². The van der Waals surface area contributed by atoms with Crippen LogP contribution in [-0.4, -0.2) is 4.98 Å². The number of pyridine rings is 1. The molecular weight excluding hydrogens is 254 g/mol. The van der Waals surface area contributed by atoms with Gasteiger partial charge in [-0.1, -0.05) is 56.3 Å². The summed E-state index contributed by atoms with van der Waals surface area (Å²) in [6, 6.07) is 19.2. The average Bonchev–Trinajstić information content (AvgIpc) is 2.47. The molecule has 0 bridgehead atoms. The fourth-order valence-corrected chi connectivity index (χ4v) is 2.85. The minimum atomic E-state index is 0.639.